The van der Waals surface area contributed by atoms with Crippen molar-refractivity contribution in [3.05, 3.63) is 48.0 Å². The second kappa shape index (κ2) is 6.63. The average molecular weight is 389 g/mol. The molecule has 0 saturated heterocycles. The predicted octanol–water partition coefficient (Wildman–Crippen LogP) is 4.35. The molecule has 1 aliphatic rings. The van der Waals surface area contributed by atoms with Crippen molar-refractivity contribution in [2.75, 3.05) is 11.9 Å². The fraction of sp³-hybridized carbons (Fsp3) is 0.300. The van der Waals surface area contributed by atoms with E-state index in [4.69, 9.17) is 0 Å². The van der Waals surface area contributed by atoms with Crippen LogP contribution in [0.5, 0.6) is 5.75 Å². The van der Waals surface area contributed by atoms with Gasteiger partial charge in [-0.15, -0.1) is 10.2 Å². The fourth-order valence-electron chi connectivity index (χ4n) is 3.35. The summed E-state index contributed by atoms with van der Waals surface area (Å²) in [7, 11) is 0. The highest BCUT2D eigenvalue weighted by Crippen LogP contribution is 2.39. The number of hydrogen-bond acceptors (Lipinski definition) is 5. The Labute approximate surface area is 158 Å². The van der Waals surface area contributed by atoms with Crippen molar-refractivity contribution in [2.45, 2.75) is 31.0 Å². The number of fused-ring (bicyclic) bond motifs is 1. The second-order valence-electron chi connectivity index (χ2n) is 7.10. The van der Waals surface area contributed by atoms with E-state index in [1.54, 1.807) is 12.1 Å². The van der Waals surface area contributed by atoms with E-state index in [0.29, 0.717) is 29.2 Å². The Hall–Kier alpha value is -2.87. The Bertz CT molecular complexity index is 1030. The third-order valence-corrected chi connectivity index (χ3v) is 5.14. The zero-order chi connectivity index (χ0) is 19.9. The molecule has 3 N–H and O–H groups in total. The van der Waals surface area contributed by atoms with Crippen LogP contribution in [0, 0.1) is 0 Å². The molecule has 0 unspecified atom stereocenters. The summed E-state index contributed by atoms with van der Waals surface area (Å²) in [5, 5.41) is 33.2. The highest BCUT2D eigenvalue weighted by Gasteiger charge is 2.34. The van der Waals surface area contributed by atoms with Crippen LogP contribution in [-0.2, 0) is 6.18 Å². The molecule has 28 heavy (non-hydrogen) atoms. The number of aliphatic hydroxyl groups is 1. The number of aromatic hydroxyl groups is 1. The number of anilines is 1. The zero-order valence-electron chi connectivity index (χ0n) is 14.8. The summed E-state index contributed by atoms with van der Waals surface area (Å²) < 4.78 is 38.6. The van der Waals surface area contributed by atoms with Gasteiger partial charge >= 0.3 is 6.18 Å². The number of phenols is 1. The van der Waals surface area contributed by atoms with Crippen molar-refractivity contribution >= 4 is 16.6 Å². The molecule has 1 saturated carbocycles. The molecule has 5 nitrogen and oxygen atoms in total. The van der Waals surface area contributed by atoms with Crippen LogP contribution >= 0.6 is 0 Å². The summed E-state index contributed by atoms with van der Waals surface area (Å²) in [4.78, 5) is 0. The van der Waals surface area contributed by atoms with Gasteiger partial charge in [-0.3, -0.25) is 0 Å². The van der Waals surface area contributed by atoms with Crippen LogP contribution in [0.15, 0.2) is 42.5 Å². The number of benzene rings is 2. The van der Waals surface area contributed by atoms with Gasteiger partial charge in [-0.2, -0.15) is 13.2 Å². The molecule has 1 heterocycles. The van der Waals surface area contributed by atoms with Crippen LogP contribution in [-0.4, -0.2) is 32.6 Å². The average Bonchev–Trinajstić information content (AvgIpc) is 2.64. The Morgan fingerprint density at radius 2 is 1.75 bits per heavy atom. The number of halogens is 3. The van der Waals surface area contributed by atoms with Gasteiger partial charge in [-0.1, -0.05) is 24.3 Å². The van der Waals surface area contributed by atoms with Crippen molar-refractivity contribution in [1.29, 1.82) is 0 Å². The van der Waals surface area contributed by atoms with Crippen molar-refractivity contribution < 1.29 is 23.4 Å². The molecule has 0 amide bonds. The van der Waals surface area contributed by atoms with Crippen LogP contribution in [0.25, 0.3) is 22.0 Å². The van der Waals surface area contributed by atoms with Gasteiger partial charge in [0.25, 0.3) is 0 Å². The topological polar surface area (TPSA) is 78.3 Å². The molecule has 1 aromatic heterocycles. The van der Waals surface area contributed by atoms with E-state index in [1.807, 2.05) is 12.1 Å². The molecule has 0 bridgehead atoms. The van der Waals surface area contributed by atoms with Gasteiger partial charge in [-0.25, -0.2) is 0 Å². The Balaban J connectivity index is 1.74. The molecule has 146 valence electrons. The van der Waals surface area contributed by atoms with Gasteiger partial charge in [0, 0.05) is 22.9 Å². The predicted molar refractivity (Wildman–Crippen MR) is 98.9 cm³/mol. The molecule has 4 rings (SSSR count). The number of nitrogens with one attached hydrogen (secondary N) is 1. The standard InChI is InChI=1S/C20H18F3N3O2/c21-20(22,23)12-6-7-15(16(27)10-12)17-13-4-1-2-5-14(13)18(26-25-17)24-11-19(28)8-3-9-19/h1-2,4-7,10,27-28H,3,8-9,11H2,(H,24,26). The SMILES string of the molecule is Oc1cc(C(F)(F)F)ccc1-c1nnc(NCC2(O)CCC2)c2ccccc12. The minimum atomic E-state index is -4.54. The van der Waals surface area contributed by atoms with Gasteiger partial charge in [0.05, 0.1) is 11.2 Å². The molecule has 8 heteroatoms. The number of phenolic OH excluding ortho intramolecular Hbond substituents is 1. The van der Waals surface area contributed by atoms with Gasteiger partial charge in [0.2, 0.25) is 0 Å². The molecule has 1 fully saturated rings. The molecule has 0 atom stereocenters. The quantitative estimate of drug-likeness (QED) is 0.618. The lowest BCUT2D eigenvalue weighted by atomic mass is 9.80. The lowest BCUT2D eigenvalue weighted by molar-refractivity contribution is -0.137. The highest BCUT2D eigenvalue weighted by molar-refractivity contribution is 6.00. The molecule has 1 aliphatic carbocycles. The van der Waals surface area contributed by atoms with Gasteiger partial charge in [0.1, 0.15) is 11.4 Å². The van der Waals surface area contributed by atoms with Crippen LogP contribution in [0.3, 0.4) is 0 Å². The lowest BCUT2D eigenvalue weighted by Gasteiger charge is -2.36. The maximum absolute atomic E-state index is 12.9. The van der Waals surface area contributed by atoms with Crippen molar-refractivity contribution in [3.63, 3.8) is 0 Å². The van der Waals surface area contributed by atoms with E-state index in [0.717, 1.165) is 25.3 Å². The van der Waals surface area contributed by atoms with E-state index in [9.17, 15) is 23.4 Å². The molecular weight excluding hydrogens is 371 g/mol. The van der Waals surface area contributed by atoms with E-state index >= 15 is 0 Å². The largest absolute Gasteiger partial charge is 0.507 e. The van der Waals surface area contributed by atoms with Crippen LogP contribution in [0.2, 0.25) is 0 Å². The molecule has 2 aromatic carbocycles. The number of hydrogen-bond donors (Lipinski definition) is 3. The minimum Gasteiger partial charge on any atom is -0.507 e. The first kappa shape index (κ1) is 18.5. The highest BCUT2D eigenvalue weighted by atomic mass is 19.4. The first-order valence-electron chi connectivity index (χ1n) is 8.89. The van der Waals surface area contributed by atoms with E-state index in [2.05, 4.69) is 15.5 Å². The smallest absolute Gasteiger partial charge is 0.416 e. The summed E-state index contributed by atoms with van der Waals surface area (Å²) in [5.41, 5.74) is -1.22. The number of alkyl halides is 3. The normalized spacial score (nSPS) is 16.0. The molecular formula is C20H18F3N3O2. The maximum atomic E-state index is 12.9. The summed E-state index contributed by atoms with van der Waals surface area (Å²) in [5.74, 6) is -0.0372. The van der Waals surface area contributed by atoms with Crippen LogP contribution < -0.4 is 5.32 Å². The monoisotopic (exact) mass is 389 g/mol. The van der Waals surface area contributed by atoms with E-state index in [-0.39, 0.29) is 11.3 Å². The van der Waals surface area contributed by atoms with Crippen molar-refractivity contribution in [2.24, 2.45) is 0 Å². The van der Waals surface area contributed by atoms with Crippen LogP contribution in [0.1, 0.15) is 24.8 Å². The first-order valence-corrected chi connectivity index (χ1v) is 8.89. The van der Waals surface area contributed by atoms with Gasteiger partial charge in [-0.05, 0) is 37.5 Å². The zero-order valence-corrected chi connectivity index (χ0v) is 14.8. The fourth-order valence-corrected chi connectivity index (χ4v) is 3.35. The number of nitrogens with zero attached hydrogens (tertiary/aromatic N) is 2. The van der Waals surface area contributed by atoms with Gasteiger partial charge < -0.3 is 15.5 Å². The first-order chi connectivity index (χ1) is 13.3. The molecule has 0 spiro atoms. The summed E-state index contributed by atoms with van der Waals surface area (Å²) in [6.07, 6.45) is -2.11. The van der Waals surface area contributed by atoms with E-state index in [1.165, 1.54) is 6.07 Å². The third kappa shape index (κ3) is 3.35. The Morgan fingerprint density at radius 3 is 2.36 bits per heavy atom. The van der Waals surface area contributed by atoms with Crippen molar-refractivity contribution in [3.8, 4) is 17.0 Å². The summed E-state index contributed by atoms with van der Waals surface area (Å²) >= 11 is 0. The number of aromatic nitrogens is 2. The summed E-state index contributed by atoms with van der Waals surface area (Å²) in [6.45, 7) is 0.344. The summed E-state index contributed by atoms with van der Waals surface area (Å²) in [6, 6.07) is 9.94. The molecule has 3 aromatic rings. The van der Waals surface area contributed by atoms with Crippen molar-refractivity contribution in [1.82, 2.24) is 10.2 Å². The second-order valence-corrected chi connectivity index (χ2v) is 7.10. The number of rotatable bonds is 4. The Kier molecular flexibility index (Phi) is 4.38. The Morgan fingerprint density at radius 1 is 1.04 bits per heavy atom. The maximum Gasteiger partial charge on any atom is 0.416 e. The molecule has 0 radical (unpaired) electrons. The molecule has 0 aliphatic heterocycles. The lowest BCUT2D eigenvalue weighted by Crippen LogP contribution is -2.43. The minimum absolute atomic E-state index is 0.167. The van der Waals surface area contributed by atoms with Crippen LogP contribution in [0.4, 0.5) is 19.0 Å². The van der Waals surface area contributed by atoms with Gasteiger partial charge in [0.15, 0.2) is 5.82 Å². The van der Waals surface area contributed by atoms with E-state index < -0.39 is 23.1 Å². The third-order valence-electron chi connectivity index (χ3n) is 5.14.